The first-order valence-electron chi connectivity index (χ1n) is 5.78. The van der Waals surface area contributed by atoms with Crippen LogP contribution >= 0.6 is 0 Å². The zero-order chi connectivity index (χ0) is 13.1. The molecule has 1 radical (unpaired) electrons. The minimum atomic E-state index is -1.80. The lowest BCUT2D eigenvalue weighted by Gasteiger charge is -2.42. The summed E-state index contributed by atoms with van der Waals surface area (Å²) >= 11 is 0. The van der Waals surface area contributed by atoms with Crippen LogP contribution in [0, 0.1) is 5.41 Å². The number of esters is 1. The van der Waals surface area contributed by atoms with Gasteiger partial charge in [0.05, 0.1) is 12.1 Å². The molecule has 0 heterocycles. The van der Waals surface area contributed by atoms with Gasteiger partial charge in [0.15, 0.2) is 0 Å². The van der Waals surface area contributed by atoms with Gasteiger partial charge in [-0.3, -0.25) is 4.79 Å². The molecule has 0 fully saturated rings. The van der Waals surface area contributed by atoms with E-state index in [1.54, 1.807) is 13.8 Å². The van der Waals surface area contributed by atoms with Crippen LogP contribution in [0.1, 0.15) is 48.5 Å². The summed E-state index contributed by atoms with van der Waals surface area (Å²) in [6.07, 6.45) is 0. The van der Waals surface area contributed by atoms with Crippen molar-refractivity contribution in [3.05, 3.63) is 0 Å². The third-order valence-corrected chi connectivity index (χ3v) is 6.65. The molecule has 0 unspecified atom stereocenters. The Morgan fingerprint density at radius 2 is 1.75 bits per heavy atom. The van der Waals surface area contributed by atoms with E-state index in [4.69, 9.17) is 4.74 Å². The molecule has 16 heavy (non-hydrogen) atoms. The van der Waals surface area contributed by atoms with Gasteiger partial charge in [-0.2, -0.15) is 0 Å². The molecule has 0 saturated heterocycles. The van der Waals surface area contributed by atoms with E-state index in [1.807, 2.05) is 13.8 Å². The van der Waals surface area contributed by atoms with Crippen LogP contribution in [-0.4, -0.2) is 26.4 Å². The zero-order valence-electron chi connectivity index (χ0n) is 11.5. The molecule has 4 heteroatoms. The van der Waals surface area contributed by atoms with Crippen LogP contribution in [0.3, 0.4) is 0 Å². The number of hydrogen-bond acceptors (Lipinski definition) is 3. The highest BCUT2D eigenvalue weighted by atomic mass is 28.3. The summed E-state index contributed by atoms with van der Waals surface area (Å²) in [5, 5.41) is -0.246. The fourth-order valence-electron chi connectivity index (χ4n) is 1.30. The minimum Gasteiger partial charge on any atom is -0.466 e. The first-order valence-corrected chi connectivity index (χ1v) is 7.31. The van der Waals surface area contributed by atoms with Gasteiger partial charge in [0.25, 0.3) is 0 Å². The van der Waals surface area contributed by atoms with Crippen molar-refractivity contribution in [3.63, 3.8) is 0 Å². The SMILES string of the molecule is CCOC(=O)[C@H](C)[Si](O)C(C)(C)C(C)(C)C. The van der Waals surface area contributed by atoms with Crippen LogP contribution in [-0.2, 0) is 9.53 Å². The van der Waals surface area contributed by atoms with Crippen molar-refractivity contribution in [2.24, 2.45) is 5.41 Å². The van der Waals surface area contributed by atoms with Crippen molar-refractivity contribution < 1.29 is 14.3 Å². The van der Waals surface area contributed by atoms with Crippen LogP contribution in [0.5, 0.6) is 0 Å². The molecule has 0 aromatic heterocycles. The first-order chi connectivity index (χ1) is 7.05. The quantitative estimate of drug-likeness (QED) is 0.612. The molecule has 0 aliphatic carbocycles. The van der Waals surface area contributed by atoms with E-state index < -0.39 is 9.04 Å². The van der Waals surface area contributed by atoms with E-state index in [9.17, 15) is 9.59 Å². The van der Waals surface area contributed by atoms with Crippen LogP contribution in [0.4, 0.5) is 0 Å². The Balaban J connectivity index is 4.79. The Labute approximate surface area is 101 Å². The third-order valence-electron chi connectivity index (χ3n) is 3.57. The maximum atomic E-state index is 11.6. The van der Waals surface area contributed by atoms with Crippen molar-refractivity contribution in [3.8, 4) is 0 Å². The molecule has 0 rings (SSSR count). The monoisotopic (exact) mass is 245 g/mol. The highest BCUT2D eigenvalue weighted by molar-refractivity contribution is 6.60. The van der Waals surface area contributed by atoms with Gasteiger partial charge in [0.1, 0.15) is 0 Å². The average molecular weight is 245 g/mol. The summed E-state index contributed by atoms with van der Waals surface area (Å²) in [7, 11) is -1.80. The van der Waals surface area contributed by atoms with E-state index in [0.29, 0.717) is 6.61 Å². The van der Waals surface area contributed by atoms with Crippen molar-refractivity contribution in [1.29, 1.82) is 0 Å². The number of ether oxygens (including phenoxy) is 1. The van der Waals surface area contributed by atoms with E-state index in [0.717, 1.165) is 0 Å². The Kier molecular flexibility index (Phi) is 5.20. The molecule has 0 aliphatic rings. The van der Waals surface area contributed by atoms with Crippen LogP contribution in [0.25, 0.3) is 0 Å². The number of hydrogen-bond donors (Lipinski definition) is 1. The largest absolute Gasteiger partial charge is 0.466 e. The van der Waals surface area contributed by atoms with Gasteiger partial charge in [-0.25, -0.2) is 0 Å². The minimum absolute atomic E-state index is 0.0310. The highest BCUT2D eigenvalue weighted by Gasteiger charge is 2.46. The maximum Gasteiger partial charge on any atom is 0.308 e. The van der Waals surface area contributed by atoms with Crippen LogP contribution < -0.4 is 0 Å². The van der Waals surface area contributed by atoms with Crippen LogP contribution in [0.15, 0.2) is 0 Å². The molecule has 1 N–H and O–H groups in total. The lowest BCUT2D eigenvalue weighted by atomic mass is 9.82. The molecule has 95 valence electrons. The van der Waals surface area contributed by atoms with Gasteiger partial charge in [-0.15, -0.1) is 0 Å². The molecule has 0 aliphatic heterocycles. The van der Waals surface area contributed by atoms with E-state index in [1.165, 1.54) is 0 Å². The Morgan fingerprint density at radius 3 is 2.06 bits per heavy atom. The highest BCUT2D eigenvalue weighted by Crippen LogP contribution is 2.48. The summed E-state index contributed by atoms with van der Waals surface area (Å²) in [5.41, 5.74) is -0.421. The normalized spacial score (nSPS) is 15.1. The summed E-state index contributed by atoms with van der Waals surface area (Å²) in [6.45, 7) is 14.2. The van der Waals surface area contributed by atoms with Crippen LogP contribution in [0.2, 0.25) is 10.6 Å². The fraction of sp³-hybridized carbons (Fsp3) is 0.917. The van der Waals surface area contributed by atoms with Crippen molar-refractivity contribution in [2.75, 3.05) is 6.61 Å². The summed E-state index contributed by atoms with van der Waals surface area (Å²) in [6, 6.07) is 0. The van der Waals surface area contributed by atoms with Gasteiger partial charge in [-0.1, -0.05) is 41.5 Å². The third kappa shape index (κ3) is 3.32. The summed E-state index contributed by atoms with van der Waals surface area (Å²) in [5.74, 6) is -0.281. The van der Waals surface area contributed by atoms with Gasteiger partial charge in [-0.05, 0) is 17.4 Å². The predicted octanol–water partition coefficient (Wildman–Crippen LogP) is 2.75. The molecule has 0 aromatic carbocycles. The molecule has 1 atom stereocenters. The fourth-order valence-corrected chi connectivity index (χ4v) is 3.46. The van der Waals surface area contributed by atoms with Gasteiger partial charge < -0.3 is 9.53 Å². The lowest BCUT2D eigenvalue weighted by molar-refractivity contribution is -0.143. The smallest absolute Gasteiger partial charge is 0.308 e. The van der Waals surface area contributed by atoms with Gasteiger partial charge in [0, 0.05) is 0 Å². The van der Waals surface area contributed by atoms with Crippen molar-refractivity contribution in [2.45, 2.75) is 59.0 Å². The first kappa shape index (κ1) is 15.6. The average Bonchev–Trinajstić information content (AvgIpc) is 2.14. The van der Waals surface area contributed by atoms with E-state index >= 15 is 0 Å². The second-order valence-corrected chi connectivity index (χ2v) is 8.62. The molecule has 0 aromatic rings. The van der Waals surface area contributed by atoms with Gasteiger partial charge >= 0.3 is 5.97 Å². The predicted molar refractivity (Wildman–Crippen MR) is 67.5 cm³/mol. The Morgan fingerprint density at radius 1 is 1.31 bits per heavy atom. The molecule has 3 nitrogen and oxygen atoms in total. The van der Waals surface area contributed by atoms with Crippen molar-refractivity contribution in [1.82, 2.24) is 0 Å². The van der Waals surface area contributed by atoms with Gasteiger partial charge in [0.2, 0.25) is 9.04 Å². The Hall–Kier alpha value is -0.353. The summed E-state index contributed by atoms with van der Waals surface area (Å²) in [4.78, 5) is 22.0. The van der Waals surface area contributed by atoms with E-state index in [2.05, 4.69) is 20.8 Å². The number of rotatable bonds is 4. The number of carbonyl (C=O) groups excluding carboxylic acids is 1. The maximum absolute atomic E-state index is 11.6. The zero-order valence-corrected chi connectivity index (χ0v) is 12.5. The second kappa shape index (κ2) is 5.32. The molecule has 0 spiro atoms. The molecular weight excluding hydrogens is 220 g/mol. The van der Waals surface area contributed by atoms with E-state index in [-0.39, 0.29) is 22.0 Å². The Bertz CT molecular complexity index is 243. The molecule has 0 saturated carbocycles. The topological polar surface area (TPSA) is 46.5 Å². The standard InChI is InChI=1S/C12H25O3Si/c1-8-15-10(13)9(2)16(14)12(6,7)11(3,4)5/h9,14H,8H2,1-7H3/t9-/m0/s1. The molecular formula is C12H25O3Si. The second-order valence-electron chi connectivity index (χ2n) is 5.73. The number of carbonyl (C=O) groups is 1. The molecule has 0 bridgehead atoms. The summed E-state index contributed by atoms with van der Waals surface area (Å²) < 4.78 is 4.96. The van der Waals surface area contributed by atoms with Crippen molar-refractivity contribution >= 4 is 15.0 Å². The lowest BCUT2D eigenvalue weighted by Crippen LogP contribution is -2.43. The molecule has 0 amide bonds.